The number of hydrogen-bond acceptors (Lipinski definition) is 5. The largest absolute Gasteiger partial charge is 0.493 e. The molecule has 4 atom stereocenters. The van der Waals surface area contributed by atoms with E-state index in [1.54, 1.807) is 0 Å². The van der Waals surface area contributed by atoms with Crippen molar-refractivity contribution >= 4 is 22.3 Å². The quantitative estimate of drug-likeness (QED) is 0.310. The number of nitrogens with one attached hydrogen (secondary N) is 2. The van der Waals surface area contributed by atoms with Crippen molar-refractivity contribution < 1.29 is 9.84 Å². The van der Waals surface area contributed by atoms with Gasteiger partial charge in [0, 0.05) is 34.1 Å². The van der Waals surface area contributed by atoms with E-state index < -0.39 is 5.60 Å². The lowest BCUT2D eigenvalue weighted by atomic mass is 9.60. The van der Waals surface area contributed by atoms with Gasteiger partial charge in [-0.25, -0.2) is 0 Å². The molecule has 5 rings (SSSR count). The van der Waals surface area contributed by atoms with Crippen LogP contribution in [0, 0.1) is 25.7 Å². The van der Waals surface area contributed by atoms with Gasteiger partial charge in [-0.05, 0) is 108 Å². The number of ether oxygens (including phenoxy) is 1. The van der Waals surface area contributed by atoms with Crippen LogP contribution in [0.3, 0.4) is 0 Å². The smallest absolute Gasteiger partial charge is 0.121 e. The summed E-state index contributed by atoms with van der Waals surface area (Å²) in [6.45, 7) is 10.3. The fourth-order valence-electron chi connectivity index (χ4n) is 7.00. The molecule has 1 aromatic heterocycles. The summed E-state index contributed by atoms with van der Waals surface area (Å²) in [4.78, 5) is 4.65. The first-order chi connectivity index (χ1) is 17.2. The first-order valence-corrected chi connectivity index (χ1v) is 13.5. The van der Waals surface area contributed by atoms with Crippen LogP contribution in [0.1, 0.15) is 63.6 Å². The molecule has 0 aliphatic heterocycles. The Hall–Kier alpha value is -2.63. The third-order valence-electron chi connectivity index (χ3n) is 7.91. The highest BCUT2D eigenvalue weighted by atomic mass is 16.5. The maximum atomic E-state index is 11.1. The first kappa shape index (κ1) is 25.0. The van der Waals surface area contributed by atoms with E-state index in [1.165, 1.54) is 6.42 Å². The minimum atomic E-state index is -0.484. The summed E-state index contributed by atoms with van der Waals surface area (Å²) in [5.74, 6) is 2.16. The van der Waals surface area contributed by atoms with Crippen LogP contribution in [-0.4, -0.2) is 34.4 Å². The highest BCUT2D eigenvalue weighted by Gasteiger charge is 2.48. The highest BCUT2D eigenvalue weighted by molar-refractivity contribution is 5.93. The van der Waals surface area contributed by atoms with Gasteiger partial charge in [-0.15, -0.1) is 0 Å². The molecule has 0 spiro atoms. The number of aromatic nitrogens is 1. The first-order valence-electron chi connectivity index (χ1n) is 13.5. The molecule has 2 saturated carbocycles. The third-order valence-corrected chi connectivity index (χ3v) is 7.91. The van der Waals surface area contributed by atoms with Crippen molar-refractivity contribution in [1.29, 1.82) is 0 Å². The lowest BCUT2D eigenvalue weighted by Crippen LogP contribution is -2.57. The lowest BCUT2D eigenvalue weighted by molar-refractivity contribution is -0.0931. The molecule has 36 heavy (non-hydrogen) atoms. The molecule has 2 aromatic carbocycles. The van der Waals surface area contributed by atoms with Crippen LogP contribution in [0.4, 0.5) is 11.4 Å². The summed E-state index contributed by atoms with van der Waals surface area (Å²) in [6, 6.07) is 16.6. The van der Waals surface area contributed by atoms with Crippen LogP contribution in [0.15, 0.2) is 48.5 Å². The molecule has 0 saturated heterocycles. The maximum Gasteiger partial charge on any atom is 0.121 e. The summed E-state index contributed by atoms with van der Waals surface area (Å²) in [6.07, 6.45) is 6.13. The Kier molecular flexibility index (Phi) is 6.97. The highest BCUT2D eigenvalue weighted by Crippen LogP contribution is 2.48. The second-order valence-electron chi connectivity index (χ2n) is 11.9. The number of nitrogens with zero attached hydrogens (tertiary/aromatic N) is 1. The van der Waals surface area contributed by atoms with Gasteiger partial charge in [0.05, 0.1) is 17.7 Å². The third kappa shape index (κ3) is 5.84. The van der Waals surface area contributed by atoms with Gasteiger partial charge in [0.2, 0.25) is 0 Å². The Balaban J connectivity index is 1.16. The van der Waals surface area contributed by atoms with Crippen molar-refractivity contribution in [1.82, 2.24) is 10.3 Å². The SMILES string of the molecule is Cc1cc(Nc2cc(C)nc3ccccc23)cc(OCCCNC2(C)CC3CC(C)CC(O)(C3)C2)c1. The summed E-state index contributed by atoms with van der Waals surface area (Å²) in [5, 5.41) is 19.6. The van der Waals surface area contributed by atoms with E-state index in [4.69, 9.17) is 4.74 Å². The Bertz CT molecular complexity index is 1220. The van der Waals surface area contributed by atoms with Crippen molar-refractivity contribution in [3.63, 3.8) is 0 Å². The molecule has 0 radical (unpaired) electrons. The molecule has 5 nitrogen and oxygen atoms in total. The normalized spacial score (nSPS) is 27.7. The average Bonchev–Trinajstić information content (AvgIpc) is 2.76. The van der Waals surface area contributed by atoms with E-state index in [-0.39, 0.29) is 5.54 Å². The molecule has 3 aromatic rings. The molecular formula is C31H41N3O2. The molecule has 192 valence electrons. The standard InChI is InChI=1S/C31H41N3O2/c1-21-13-25(34-29-15-23(3)33-28-9-6-5-8-27(28)29)16-26(14-21)36-11-7-10-32-30(4)18-24-12-22(2)17-31(35,19-24)20-30/h5-6,8-9,13-16,22,24,32,35H,7,10-12,17-20H2,1-4H3,(H,33,34). The molecule has 2 aliphatic rings. The Morgan fingerprint density at radius 3 is 2.75 bits per heavy atom. The van der Waals surface area contributed by atoms with Crippen LogP contribution in [0.5, 0.6) is 5.75 Å². The fourth-order valence-corrected chi connectivity index (χ4v) is 7.00. The molecular weight excluding hydrogens is 446 g/mol. The molecule has 0 amide bonds. The number of anilines is 2. The predicted octanol–water partition coefficient (Wildman–Crippen LogP) is 6.67. The van der Waals surface area contributed by atoms with E-state index in [0.29, 0.717) is 18.4 Å². The molecule has 2 bridgehead atoms. The molecule has 4 unspecified atom stereocenters. The fraction of sp³-hybridized carbons (Fsp3) is 0.516. The summed E-state index contributed by atoms with van der Waals surface area (Å²) in [5.41, 5.74) is 4.75. The van der Waals surface area contributed by atoms with Gasteiger partial charge >= 0.3 is 0 Å². The summed E-state index contributed by atoms with van der Waals surface area (Å²) in [7, 11) is 0. The number of aliphatic hydroxyl groups is 1. The minimum Gasteiger partial charge on any atom is -0.493 e. The molecule has 2 aliphatic carbocycles. The van der Waals surface area contributed by atoms with Gasteiger partial charge in [0.25, 0.3) is 0 Å². The molecule has 2 fully saturated rings. The number of hydrogen-bond donors (Lipinski definition) is 3. The van der Waals surface area contributed by atoms with Crippen molar-refractivity contribution in [3.05, 3.63) is 59.8 Å². The topological polar surface area (TPSA) is 66.4 Å². The molecule has 3 N–H and O–H groups in total. The average molecular weight is 488 g/mol. The van der Waals surface area contributed by atoms with Crippen molar-refractivity contribution in [2.24, 2.45) is 11.8 Å². The molecule has 5 heteroatoms. The van der Waals surface area contributed by atoms with Gasteiger partial charge in [-0.1, -0.05) is 25.1 Å². The van der Waals surface area contributed by atoms with E-state index in [0.717, 1.165) is 77.9 Å². The second-order valence-corrected chi connectivity index (χ2v) is 11.9. The minimum absolute atomic E-state index is 0.0175. The van der Waals surface area contributed by atoms with Crippen LogP contribution >= 0.6 is 0 Å². The van der Waals surface area contributed by atoms with E-state index in [2.05, 4.69) is 66.7 Å². The van der Waals surface area contributed by atoms with Gasteiger partial charge in [0.1, 0.15) is 5.75 Å². The number of benzene rings is 2. The number of rotatable bonds is 8. The van der Waals surface area contributed by atoms with E-state index in [1.807, 2.05) is 25.1 Å². The summed E-state index contributed by atoms with van der Waals surface area (Å²) >= 11 is 0. The lowest BCUT2D eigenvalue weighted by Gasteiger charge is -2.52. The number of para-hydroxylation sites is 1. The Morgan fingerprint density at radius 1 is 1.08 bits per heavy atom. The number of pyridine rings is 1. The van der Waals surface area contributed by atoms with Crippen molar-refractivity contribution in [2.45, 2.75) is 77.4 Å². The molecule has 1 heterocycles. The van der Waals surface area contributed by atoms with E-state index >= 15 is 0 Å². The number of fused-ring (bicyclic) bond motifs is 3. The Labute approximate surface area is 215 Å². The van der Waals surface area contributed by atoms with Gasteiger partial charge in [-0.3, -0.25) is 4.98 Å². The second kappa shape index (κ2) is 10.0. The van der Waals surface area contributed by atoms with Crippen LogP contribution in [-0.2, 0) is 0 Å². The predicted molar refractivity (Wildman–Crippen MR) is 148 cm³/mol. The van der Waals surface area contributed by atoms with Gasteiger partial charge in [-0.2, -0.15) is 0 Å². The van der Waals surface area contributed by atoms with Crippen LogP contribution < -0.4 is 15.4 Å². The Morgan fingerprint density at radius 2 is 1.92 bits per heavy atom. The van der Waals surface area contributed by atoms with E-state index in [9.17, 15) is 5.11 Å². The van der Waals surface area contributed by atoms with Gasteiger partial charge < -0.3 is 20.5 Å². The van der Waals surface area contributed by atoms with Crippen LogP contribution in [0.2, 0.25) is 0 Å². The number of aryl methyl sites for hydroxylation is 2. The van der Waals surface area contributed by atoms with Crippen LogP contribution in [0.25, 0.3) is 10.9 Å². The van der Waals surface area contributed by atoms with Crippen molar-refractivity contribution in [3.8, 4) is 5.75 Å². The zero-order valence-electron chi connectivity index (χ0n) is 22.2. The summed E-state index contributed by atoms with van der Waals surface area (Å²) < 4.78 is 6.17. The van der Waals surface area contributed by atoms with Gasteiger partial charge in [0.15, 0.2) is 0 Å². The van der Waals surface area contributed by atoms with Crippen molar-refractivity contribution in [2.75, 3.05) is 18.5 Å². The zero-order valence-corrected chi connectivity index (χ0v) is 22.2. The zero-order chi connectivity index (χ0) is 25.3. The maximum absolute atomic E-state index is 11.1. The monoisotopic (exact) mass is 487 g/mol.